The van der Waals surface area contributed by atoms with Crippen LogP contribution in [-0.2, 0) is 0 Å². The van der Waals surface area contributed by atoms with E-state index >= 15 is 0 Å². The maximum Gasteiger partial charge on any atom is 0.322 e. The van der Waals surface area contributed by atoms with Gasteiger partial charge in [0.15, 0.2) is 11.5 Å². The van der Waals surface area contributed by atoms with Gasteiger partial charge in [-0.05, 0) is 43.2 Å². The lowest BCUT2D eigenvalue weighted by Crippen LogP contribution is -2.46. The second-order valence-corrected chi connectivity index (χ2v) is 7.21. The van der Waals surface area contributed by atoms with Gasteiger partial charge in [0.1, 0.15) is 5.75 Å². The summed E-state index contributed by atoms with van der Waals surface area (Å²) < 4.78 is 15.9. The van der Waals surface area contributed by atoms with Crippen molar-refractivity contribution in [3.63, 3.8) is 0 Å². The van der Waals surface area contributed by atoms with Crippen molar-refractivity contribution in [1.82, 2.24) is 4.90 Å². The molecule has 2 amide bonds. The van der Waals surface area contributed by atoms with E-state index in [0.29, 0.717) is 41.0 Å². The first-order valence-corrected chi connectivity index (χ1v) is 9.80. The summed E-state index contributed by atoms with van der Waals surface area (Å²) in [4.78, 5) is 14.6. The van der Waals surface area contributed by atoms with Crippen LogP contribution in [0.5, 0.6) is 17.2 Å². The van der Waals surface area contributed by atoms with Crippen LogP contribution in [0.15, 0.2) is 36.4 Å². The number of halogens is 1. The van der Waals surface area contributed by atoms with Crippen molar-refractivity contribution in [2.75, 3.05) is 45.1 Å². The highest BCUT2D eigenvalue weighted by molar-refractivity contribution is 6.31. The van der Waals surface area contributed by atoms with Gasteiger partial charge >= 0.3 is 6.03 Å². The fourth-order valence-electron chi connectivity index (χ4n) is 3.41. The topological polar surface area (TPSA) is 72.1 Å². The van der Waals surface area contributed by atoms with Crippen molar-refractivity contribution < 1.29 is 19.0 Å². The number of anilines is 2. The SMILES string of the molecule is COc1ccc(Cl)cc1NC(=O)N1CCCC(Nc2ccc(OC)c(OC)c2)C1. The van der Waals surface area contributed by atoms with E-state index in [1.807, 2.05) is 18.2 Å². The molecule has 1 aliphatic rings. The molecule has 1 saturated heterocycles. The van der Waals surface area contributed by atoms with Gasteiger partial charge in [0.2, 0.25) is 0 Å². The average molecular weight is 420 g/mol. The number of amides is 2. The molecule has 0 spiro atoms. The van der Waals surface area contributed by atoms with Crippen LogP contribution in [0.1, 0.15) is 12.8 Å². The molecular weight excluding hydrogens is 394 g/mol. The molecule has 1 aliphatic heterocycles. The average Bonchev–Trinajstić information content (AvgIpc) is 2.74. The molecule has 0 aliphatic carbocycles. The van der Waals surface area contributed by atoms with Crippen molar-refractivity contribution in [2.45, 2.75) is 18.9 Å². The molecule has 7 nitrogen and oxygen atoms in total. The number of hydrogen-bond donors (Lipinski definition) is 2. The van der Waals surface area contributed by atoms with Gasteiger partial charge in [-0.3, -0.25) is 0 Å². The molecule has 2 N–H and O–H groups in total. The lowest BCUT2D eigenvalue weighted by Gasteiger charge is -2.34. The molecule has 1 fully saturated rings. The quantitative estimate of drug-likeness (QED) is 0.722. The number of piperidine rings is 1. The van der Waals surface area contributed by atoms with E-state index < -0.39 is 0 Å². The standard InChI is InChI=1S/C21H26ClN3O4/c1-27-18-8-6-14(22)11-17(18)24-21(26)25-10-4-5-16(13-25)23-15-7-9-19(28-2)20(12-15)29-3/h6-9,11-12,16,23H,4-5,10,13H2,1-3H3,(H,24,26). The van der Waals surface area contributed by atoms with Crippen LogP contribution in [-0.4, -0.2) is 51.4 Å². The van der Waals surface area contributed by atoms with Crippen LogP contribution < -0.4 is 24.8 Å². The lowest BCUT2D eigenvalue weighted by atomic mass is 10.1. The molecule has 2 aromatic rings. The van der Waals surface area contributed by atoms with Crippen molar-refractivity contribution in [3.8, 4) is 17.2 Å². The summed E-state index contributed by atoms with van der Waals surface area (Å²) in [6.45, 7) is 1.28. The number of urea groups is 1. The van der Waals surface area contributed by atoms with E-state index in [0.717, 1.165) is 18.5 Å². The van der Waals surface area contributed by atoms with Crippen LogP contribution in [0, 0.1) is 0 Å². The highest BCUT2D eigenvalue weighted by Crippen LogP contribution is 2.31. The van der Waals surface area contributed by atoms with E-state index in [1.165, 1.54) is 0 Å². The second kappa shape index (κ2) is 9.60. The zero-order valence-electron chi connectivity index (χ0n) is 16.8. The van der Waals surface area contributed by atoms with E-state index in [2.05, 4.69) is 10.6 Å². The first-order valence-electron chi connectivity index (χ1n) is 9.42. The Morgan fingerprint density at radius 1 is 1.03 bits per heavy atom. The molecule has 1 heterocycles. The molecule has 156 valence electrons. The molecular formula is C21H26ClN3O4. The molecule has 0 aromatic heterocycles. The number of carbonyl (C=O) groups is 1. The Morgan fingerprint density at radius 3 is 2.48 bits per heavy atom. The highest BCUT2D eigenvalue weighted by Gasteiger charge is 2.24. The van der Waals surface area contributed by atoms with Gasteiger partial charge < -0.3 is 29.7 Å². The van der Waals surface area contributed by atoms with E-state index in [9.17, 15) is 4.79 Å². The first kappa shape index (κ1) is 20.9. The van der Waals surface area contributed by atoms with Crippen molar-refractivity contribution in [2.24, 2.45) is 0 Å². The zero-order chi connectivity index (χ0) is 20.8. The largest absolute Gasteiger partial charge is 0.495 e. The lowest BCUT2D eigenvalue weighted by molar-refractivity contribution is 0.196. The van der Waals surface area contributed by atoms with Gasteiger partial charge in [0, 0.05) is 35.9 Å². The first-order chi connectivity index (χ1) is 14.0. The Hall–Kier alpha value is -2.80. The third kappa shape index (κ3) is 5.17. The van der Waals surface area contributed by atoms with Gasteiger partial charge in [0.25, 0.3) is 0 Å². The minimum atomic E-state index is -0.177. The summed E-state index contributed by atoms with van der Waals surface area (Å²) in [6, 6.07) is 10.8. The van der Waals surface area contributed by atoms with Gasteiger partial charge in [-0.15, -0.1) is 0 Å². The number of methoxy groups -OCH3 is 3. The summed E-state index contributed by atoms with van der Waals surface area (Å²) in [5.41, 5.74) is 1.48. The third-order valence-corrected chi connectivity index (χ3v) is 5.10. The normalized spacial score (nSPS) is 16.1. The Morgan fingerprint density at radius 2 is 1.76 bits per heavy atom. The molecule has 3 rings (SSSR count). The Labute approximate surface area is 175 Å². The maximum absolute atomic E-state index is 12.8. The number of likely N-dealkylation sites (tertiary alicyclic amines) is 1. The Kier molecular flexibility index (Phi) is 6.93. The smallest absolute Gasteiger partial charge is 0.322 e. The summed E-state index contributed by atoms with van der Waals surface area (Å²) in [7, 11) is 4.78. The number of rotatable bonds is 6. The molecule has 2 aromatic carbocycles. The van der Waals surface area contributed by atoms with Crippen molar-refractivity contribution in [3.05, 3.63) is 41.4 Å². The predicted molar refractivity (Wildman–Crippen MR) is 115 cm³/mol. The van der Waals surface area contributed by atoms with Gasteiger partial charge in [-0.2, -0.15) is 0 Å². The van der Waals surface area contributed by atoms with Crippen LogP contribution >= 0.6 is 11.6 Å². The molecule has 8 heteroatoms. The number of ether oxygens (including phenoxy) is 3. The molecule has 0 radical (unpaired) electrons. The monoisotopic (exact) mass is 419 g/mol. The van der Waals surface area contributed by atoms with E-state index in [-0.39, 0.29) is 12.1 Å². The van der Waals surface area contributed by atoms with Crippen LogP contribution in [0.2, 0.25) is 5.02 Å². The van der Waals surface area contributed by atoms with Crippen LogP contribution in [0.3, 0.4) is 0 Å². The molecule has 0 saturated carbocycles. The number of nitrogens with zero attached hydrogens (tertiary/aromatic N) is 1. The predicted octanol–water partition coefficient (Wildman–Crippen LogP) is 4.47. The number of carbonyl (C=O) groups excluding carboxylic acids is 1. The Bertz CT molecular complexity index is 862. The minimum absolute atomic E-state index is 0.133. The van der Waals surface area contributed by atoms with Crippen LogP contribution in [0.4, 0.5) is 16.2 Å². The second-order valence-electron chi connectivity index (χ2n) is 6.77. The van der Waals surface area contributed by atoms with Crippen molar-refractivity contribution in [1.29, 1.82) is 0 Å². The summed E-state index contributed by atoms with van der Waals surface area (Å²) in [5.74, 6) is 1.91. The number of nitrogens with one attached hydrogen (secondary N) is 2. The summed E-state index contributed by atoms with van der Waals surface area (Å²) in [6.07, 6.45) is 1.88. The highest BCUT2D eigenvalue weighted by atomic mass is 35.5. The maximum atomic E-state index is 12.8. The summed E-state index contributed by atoms with van der Waals surface area (Å²) in [5, 5.41) is 6.92. The summed E-state index contributed by atoms with van der Waals surface area (Å²) >= 11 is 6.05. The number of benzene rings is 2. The van der Waals surface area contributed by atoms with Gasteiger partial charge in [-0.1, -0.05) is 11.6 Å². The molecule has 1 atom stereocenters. The molecule has 0 bridgehead atoms. The van der Waals surface area contributed by atoms with Gasteiger partial charge in [0.05, 0.1) is 27.0 Å². The Balaban J connectivity index is 1.65. The van der Waals surface area contributed by atoms with E-state index in [1.54, 1.807) is 44.4 Å². The fourth-order valence-corrected chi connectivity index (χ4v) is 3.59. The van der Waals surface area contributed by atoms with Crippen molar-refractivity contribution >= 4 is 29.0 Å². The minimum Gasteiger partial charge on any atom is -0.495 e. The van der Waals surface area contributed by atoms with Gasteiger partial charge in [-0.25, -0.2) is 4.79 Å². The molecule has 29 heavy (non-hydrogen) atoms. The van der Waals surface area contributed by atoms with Crippen LogP contribution in [0.25, 0.3) is 0 Å². The molecule has 1 unspecified atom stereocenters. The zero-order valence-corrected chi connectivity index (χ0v) is 17.6. The fraction of sp³-hybridized carbons (Fsp3) is 0.381. The van der Waals surface area contributed by atoms with E-state index in [4.69, 9.17) is 25.8 Å². The number of hydrogen-bond acceptors (Lipinski definition) is 5. The third-order valence-electron chi connectivity index (χ3n) is 4.87.